The summed E-state index contributed by atoms with van der Waals surface area (Å²) in [5.74, 6) is 0.0658. The van der Waals surface area contributed by atoms with Gasteiger partial charge in [-0.1, -0.05) is 6.07 Å². The first kappa shape index (κ1) is 21.4. The molecule has 1 aromatic heterocycles. The van der Waals surface area contributed by atoms with Crippen LogP contribution in [-0.2, 0) is 0 Å². The van der Waals surface area contributed by atoms with E-state index in [2.05, 4.69) is 0 Å². The monoisotopic (exact) mass is 435 g/mol. The van der Waals surface area contributed by atoms with Crippen molar-refractivity contribution in [2.45, 2.75) is 19.3 Å². The predicted octanol–water partition coefficient (Wildman–Crippen LogP) is 2.73. The molecule has 32 heavy (non-hydrogen) atoms. The molecule has 1 saturated heterocycles. The Morgan fingerprint density at radius 1 is 0.938 bits per heavy atom. The number of piperidine rings is 1. The number of nitrogens with two attached hydrogens (primary N) is 1. The third-order valence-corrected chi connectivity index (χ3v) is 5.80. The highest BCUT2D eigenvalue weighted by molar-refractivity contribution is 6.07. The van der Waals surface area contributed by atoms with Gasteiger partial charge in [-0.2, -0.15) is 0 Å². The summed E-state index contributed by atoms with van der Waals surface area (Å²) in [7, 11) is 2.99. The largest absolute Gasteiger partial charge is 0.493 e. The van der Waals surface area contributed by atoms with Gasteiger partial charge in [-0.25, -0.2) is 0 Å². The zero-order valence-corrected chi connectivity index (χ0v) is 18.1. The summed E-state index contributed by atoms with van der Waals surface area (Å²) < 4.78 is 12.2. The maximum absolute atomic E-state index is 13.5. The first-order valence-corrected chi connectivity index (χ1v) is 10.5. The molecule has 2 aromatic carbocycles. The van der Waals surface area contributed by atoms with Crippen molar-refractivity contribution < 1.29 is 19.1 Å². The Hall–Kier alpha value is -3.81. The highest BCUT2D eigenvalue weighted by atomic mass is 16.5. The SMILES string of the molecule is COc1cc2c(C(=O)N3CCCCC3)cn(-c3cccc(C(N)=O)c3)c(=O)c2cc1OC. The van der Waals surface area contributed by atoms with Crippen LogP contribution in [0.3, 0.4) is 0 Å². The molecule has 0 unspecified atom stereocenters. The molecule has 1 aliphatic heterocycles. The van der Waals surface area contributed by atoms with Crippen molar-refractivity contribution in [3.05, 3.63) is 64.1 Å². The smallest absolute Gasteiger partial charge is 0.263 e. The molecule has 2 N–H and O–H groups in total. The third-order valence-electron chi connectivity index (χ3n) is 5.80. The molecule has 0 radical (unpaired) electrons. The summed E-state index contributed by atoms with van der Waals surface area (Å²) >= 11 is 0. The fourth-order valence-electron chi connectivity index (χ4n) is 4.10. The molecule has 4 rings (SSSR count). The second kappa shape index (κ2) is 8.74. The molecule has 1 aliphatic rings. The van der Waals surface area contributed by atoms with E-state index in [0.717, 1.165) is 19.3 Å². The minimum absolute atomic E-state index is 0.151. The molecule has 166 valence electrons. The third kappa shape index (κ3) is 3.79. The van der Waals surface area contributed by atoms with Gasteiger partial charge in [0.15, 0.2) is 11.5 Å². The molecular weight excluding hydrogens is 410 g/mol. The molecule has 2 heterocycles. The van der Waals surface area contributed by atoms with E-state index >= 15 is 0 Å². The van der Waals surface area contributed by atoms with Crippen molar-refractivity contribution in [2.24, 2.45) is 5.73 Å². The van der Waals surface area contributed by atoms with Gasteiger partial charge in [-0.15, -0.1) is 0 Å². The molecule has 0 atom stereocenters. The van der Waals surface area contributed by atoms with Crippen LogP contribution in [0.1, 0.15) is 40.0 Å². The number of likely N-dealkylation sites (tertiary alicyclic amines) is 1. The van der Waals surface area contributed by atoms with Crippen LogP contribution < -0.4 is 20.8 Å². The van der Waals surface area contributed by atoms with E-state index in [1.807, 2.05) is 4.90 Å². The molecule has 0 bridgehead atoms. The van der Waals surface area contributed by atoms with Crippen LogP contribution in [0.5, 0.6) is 11.5 Å². The Bertz CT molecular complexity index is 1260. The number of primary amides is 1. The number of methoxy groups -OCH3 is 2. The quantitative estimate of drug-likeness (QED) is 0.664. The standard InChI is InChI=1S/C24H25N3O5/c1-31-20-12-17-18(13-21(20)32-2)24(30)27(16-8-6-7-15(11-16)22(25)28)14-19(17)23(29)26-9-4-3-5-10-26/h6-8,11-14H,3-5,9-10H2,1-2H3,(H2,25,28). The minimum atomic E-state index is -0.600. The van der Waals surface area contributed by atoms with Crippen LogP contribution in [-0.4, -0.2) is 48.6 Å². The van der Waals surface area contributed by atoms with Crippen LogP contribution >= 0.6 is 0 Å². The second-order valence-electron chi connectivity index (χ2n) is 7.74. The Labute approximate surface area is 185 Å². The fraction of sp³-hybridized carbons (Fsp3) is 0.292. The van der Waals surface area contributed by atoms with Crippen molar-refractivity contribution in [1.82, 2.24) is 9.47 Å². The molecule has 3 aromatic rings. The van der Waals surface area contributed by atoms with Gasteiger partial charge >= 0.3 is 0 Å². The highest BCUT2D eigenvalue weighted by Gasteiger charge is 2.24. The maximum atomic E-state index is 13.5. The average molecular weight is 435 g/mol. The zero-order valence-electron chi connectivity index (χ0n) is 18.1. The van der Waals surface area contributed by atoms with Gasteiger partial charge in [0.1, 0.15) is 0 Å². The average Bonchev–Trinajstić information content (AvgIpc) is 2.83. The van der Waals surface area contributed by atoms with E-state index in [4.69, 9.17) is 15.2 Å². The molecule has 0 spiro atoms. The first-order chi connectivity index (χ1) is 15.4. The number of aromatic nitrogens is 1. The van der Waals surface area contributed by atoms with E-state index in [1.54, 1.807) is 30.3 Å². The molecular formula is C24H25N3O5. The molecule has 1 fully saturated rings. The summed E-state index contributed by atoms with van der Waals surface area (Å²) in [6.45, 7) is 1.34. The van der Waals surface area contributed by atoms with Gasteiger partial charge < -0.3 is 20.1 Å². The number of rotatable bonds is 5. The number of hydrogen-bond acceptors (Lipinski definition) is 5. The number of hydrogen-bond donors (Lipinski definition) is 1. The second-order valence-corrected chi connectivity index (χ2v) is 7.74. The van der Waals surface area contributed by atoms with Crippen LogP contribution in [0.15, 0.2) is 47.4 Å². The van der Waals surface area contributed by atoms with Crippen LogP contribution in [0.4, 0.5) is 0 Å². The molecule has 8 nitrogen and oxygen atoms in total. The first-order valence-electron chi connectivity index (χ1n) is 10.5. The summed E-state index contributed by atoms with van der Waals surface area (Å²) in [5.41, 5.74) is 6.16. The van der Waals surface area contributed by atoms with Crippen LogP contribution in [0.2, 0.25) is 0 Å². The Morgan fingerprint density at radius 2 is 1.59 bits per heavy atom. The lowest BCUT2D eigenvalue weighted by atomic mass is 10.0. The van der Waals surface area contributed by atoms with Gasteiger partial charge in [0.25, 0.3) is 11.5 Å². The van der Waals surface area contributed by atoms with Gasteiger partial charge in [0, 0.05) is 35.9 Å². The van der Waals surface area contributed by atoms with Crippen molar-refractivity contribution >= 4 is 22.6 Å². The van der Waals surface area contributed by atoms with Crippen LogP contribution in [0, 0.1) is 0 Å². The van der Waals surface area contributed by atoms with Crippen molar-refractivity contribution in [1.29, 1.82) is 0 Å². The Balaban J connectivity index is 2.00. The van der Waals surface area contributed by atoms with E-state index in [1.165, 1.54) is 31.0 Å². The summed E-state index contributed by atoms with van der Waals surface area (Å²) in [6.07, 6.45) is 4.52. The lowest BCUT2D eigenvalue weighted by Crippen LogP contribution is -2.36. The van der Waals surface area contributed by atoms with Gasteiger partial charge in [0.05, 0.1) is 25.2 Å². The number of pyridine rings is 1. The van der Waals surface area contributed by atoms with Crippen molar-refractivity contribution in [3.63, 3.8) is 0 Å². The van der Waals surface area contributed by atoms with Gasteiger partial charge in [-0.05, 0) is 49.6 Å². The number of ether oxygens (including phenoxy) is 2. The highest BCUT2D eigenvalue weighted by Crippen LogP contribution is 2.33. The van der Waals surface area contributed by atoms with Crippen molar-refractivity contribution in [3.8, 4) is 17.2 Å². The fourth-order valence-corrected chi connectivity index (χ4v) is 4.10. The van der Waals surface area contributed by atoms with Crippen molar-refractivity contribution in [2.75, 3.05) is 27.3 Å². The van der Waals surface area contributed by atoms with E-state index in [9.17, 15) is 14.4 Å². The molecule has 0 aliphatic carbocycles. The molecule has 0 saturated carbocycles. The Morgan fingerprint density at radius 3 is 2.22 bits per heavy atom. The number of carbonyl (C=O) groups excluding carboxylic acids is 2. The predicted molar refractivity (Wildman–Crippen MR) is 121 cm³/mol. The molecule has 8 heteroatoms. The number of nitrogens with zero attached hydrogens (tertiary/aromatic N) is 2. The topological polar surface area (TPSA) is 104 Å². The number of benzene rings is 2. The van der Waals surface area contributed by atoms with Gasteiger partial charge in [0.2, 0.25) is 5.91 Å². The zero-order chi connectivity index (χ0) is 22.8. The Kier molecular flexibility index (Phi) is 5.85. The number of amides is 2. The van der Waals surface area contributed by atoms with E-state index < -0.39 is 5.91 Å². The number of fused-ring (bicyclic) bond motifs is 1. The lowest BCUT2D eigenvalue weighted by molar-refractivity contribution is 0.0725. The number of carbonyl (C=O) groups is 2. The summed E-state index contributed by atoms with van der Waals surface area (Å²) in [6, 6.07) is 9.69. The van der Waals surface area contributed by atoms with Crippen LogP contribution in [0.25, 0.3) is 16.5 Å². The van der Waals surface area contributed by atoms with Gasteiger partial charge in [-0.3, -0.25) is 19.0 Å². The van der Waals surface area contributed by atoms with E-state index in [-0.39, 0.29) is 17.0 Å². The lowest BCUT2D eigenvalue weighted by Gasteiger charge is -2.27. The summed E-state index contributed by atoms with van der Waals surface area (Å²) in [5, 5.41) is 0.806. The normalized spacial score (nSPS) is 13.8. The maximum Gasteiger partial charge on any atom is 0.263 e. The van der Waals surface area contributed by atoms with E-state index in [0.29, 0.717) is 46.6 Å². The molecule has 2 amide bonds. The minimum Gasteiger partial charge on any atom is -0.493 e. The summed E-state index contributed by atoms with van der Waals surface area (Å²) in [4.78, 5) is 40.4.